The fourth-order valence-corrected chi connectivity index (χ4v) is 3.66. The van der Waals surface area contributed by atoms with E-state index in [0.717, 1.165) is 0 Å². The van der Waals surface area contributed by atoms with Crippen molar-refractivity contribution in [1.29, 1.82) is 0 Å². The molecule has 0 atom stereocenters. The van der Waals surface area contributed by atoms with Crippen LogP contribution in [0.3, 0.4) is 0 Å². The molecular weight excluding hydrogens is 300 g/mol. The predicted molar refractivity (Wildman–Crippen MR) is 87.7 cm³/mol. The molecule has 0 aromatic heterocycles. The molecule has 6 heteroatoms. The van der Waals surface area contributed by atoms with Crippen molar-refractivity contribution < 1.29 is 8.42 Å². The number of nitroso groups, excluding NO2 is 1. The fourth-order valence-electron chi connectivity index (χ4n) is 2.06. The highest BCUT2D eigenvalue weighted by atomic mass is 32.2. The first kappa shape index (κ1) is 15.9. The largest absolute Gasteiger partial charge is 0.266 e. The van der Waals surface area contributed by atoms with Gasteiger partial charge in [-0.3, -0.25) is 4.31 Å². The Bertz CT molecular complexity index is 758. The Kier molecular flexibility index (Phi) is 5.06. The molecule has 0 saturated carbocycles. The summed E-state index contributed by atoms with van der Waals surface area (Å²) in [4.78, 5) is 10.8. The minimum atomic E-state index is -3.88. The zero-order valence-electron chi connectivity index (χ0n) is 11.9. The Balaban J connectivity index is 2.54. The quantitative estimate of drug-likeness (QED) is 0.575. The molecule has 0 N–H and O–H groups in total. The number of hydrogen-bond donors (Lipinski definition) is 0. The third-order valence-electron chi connectivity index (χ3n) is 3.11. The zero-order valence-corrected chi connectivity index (χ0v) is 12.7. The van der Waals surface area contributed by atoms with E-state index in [1.54, 1.807) is 42.5 Å². The van der Waals surface area contributed by atoms with Crippen molar-refractivity contribution >= 4 is 21.4 Å². The third-order valence-corrected chi connectivity index (χ3v) is 4.99. The van der Waals surface area contributed by atoms with Crippen molar-refractivity contribution in [2.75, 3.05) is 10.8 Å². The van der Waals surface area contributed by atoms with Gasteiger partial charge in [0.2, 0.25) is 0 Å². The molecule has 2 aromatic rings. The van der Waals surface area contributed by atoms with Gasteiger partial charge in [-0.05, 0) is 35.9 Å². The van der Waals surface area contributed by atoms with Gasteiger partial charge < -0.3 is 0 Å². The van der Waals surface area contributed by atoms with Gasteiger partial charge in [-0.2, -0.15) is 0 Å². The molecule has 0 bridgehead atoms. The van der Waals surface area contributed by atoms with E-state index < -0.39 is 10.0 Å². The Hall–Kier alpha value is -2.47. The maximum absolute atomic E-state index is 12.9. The molecule has 0 spiro atoms. The predicted octanol–water partition coefficient (Wildman–Crippen LogP) is 3.86. The summed E-state index contributed by atoms with van der Waals surface area (Å²) in [5, 5.41) is 2.82. The van der Waals surface area contributed by atoms with Crippen LogP contribution in [-0.2, 0) is 10.0 Å². The summed E-state index contributed by atoms with van der Waals surface area (Å²) in [5.41, 5.74) is 0.437. The molecule has 0 amide bonds. The number of hydrogen-bond acceptors (Lipinski definition) is 4. The van der Waals surface area contributed by atoms with Crippen LogP contribution in [0.1, 0.15) is 6.42 Å². The van der Waals surface area contributed by atoms with E-state index in [9.17, 15) is 13.3 Å². The highest BCUT2D eigenvalue weighted by Gasteiger charge is 2.27. The SMILES string of the molecule is C=CCCN(c1ccccc1)S(=O)(=O)c1ccccc1N=O. The molecular formula is C16H16N2O3S. The van der Waals surface area contributed by atoms with Crippen LogP contribution < -0.4 is 4.31 Å². The first-order chi connectivity index (χ1) is 10.6. The molecule has 0 saturated heterocycles. The van der Waals surface area contributed by atoms with Crippen LogP contribution in [0.2, 0.25) is 0 Å². The van der Waals surface area contributed by atoms with Crippen LogP contribution in [-0.4, -0.2) is 15.0 Å². The van der Waals surface area contributed by atoms with E-state index >= 15 is 0 Å². The summed E-state index contributed by atoms with van der Waals surface area (Å²) < 4.78 is 27.1. The van der Waals surface area contributed by atoms with Gasteiger partial charge in [0, 0.05) is 6.54 Å². The maximum Gasteiger partial charge on any atom is 0.266 e. The second kappa shape index (κ2) is 7.00. The standard InChI is InChI=1S/C16H16N2O3S/c1-2-3-13-18(14-9-5-4-6-10-14)22(20,21)16-12-8-7-11-15(16)17-19/h2,4-12H,1,3,13H2. The van der Waals surface area contributed by atoms with Gasteiger partial charge in [0.05, 0.1) is 5.69 Å². The van der Waals surface area contributed by atoms with Crippen LogP contribution in [0.15, 0.2) is 77.3 Å². The van der Waals surface area contributed by atoms with Gasteiger partial charge in [-0.25, -0.2) is 8.42 Å². The molecule has 114 valence electrons. The van der Waals surface area contributed by atoms with Crippen LogP contribution >= 0.6 is 0 Å². The van der Waals surface area contributed by atoms with E-state index in [2.05, 4.69) is 11.8 Å². The number of para-hydroxylation sites is 1. The normalized spacial score (nSPS) is 10.9. The molecule has 0 radical (unpaired) electrons. The maximum atomic E-state index is 12.9. The topological polar surface area (TPSA) is 66.8 Å². The monoisotopic (exact) mass is 316 g/mol. The minimum Gasteiger partial charge on any atom is -0.266 e. The van der Waals surface area contributed by atoms with Crippen molar-refractivity contribution in [2.24, 2.45) is 5.18 Å². The summed E-state index contributed by atoms with van der Waals surface area (Å²) >= 11 is 0. The lowest BCUT2D eigenvalue weighted by Gasteiger charge is -2.24. The summed E-state index contributed by atoms with van der Waals surface area (Å²) in [6.45, 7) is 3.86. The molecule has 0 unspecified atom stereocenters. The molecule has 5 nitrogen and oxygen atoms in total. The Labute approximate surface area is 129 Å². The van der Waals surface area contributed by atoms with E-state index in [-0.39, 0.29) is 17.1 Å². The average Bonchev–Trinajstić information content (AvgIpc) is 2.56. The number of anilines is 1. The smallest absolute Gasteiger partial charge is 0.266 e. The molecule has 2 aromatic carbocycles. The number of rotatable bonds is 7. The average molecular weight is 316 g/mol. The second-order valence-electron chi connectivity index (χ2n) is 4.55. The number of benzene rings is 2. The van der Waals surface area contributed by atoms with Crippen LogP contribution in [0.5, 0.6) is 0 Å². The molecule has 0 fully saturated rings. The lowest BCUT2D eigenvalue weighted by atomic mass is 10.3. The molecule has 0 aliphatic heterocycles. The number of nitrogens with zero attached hydrogens (tertiary/aromatic N) is 2. The van der Waals surface area contributed by atoms with Gasteiger partial charge in [-0.1, -0.05) is 36.4 Å². The molecule has 0 aliphatic rings. The van der Waals surface area contributed by atoms with Gasteiger partial charge >= 0.3 is 0 Å². The summed E-state index contributed by atoms with van der Waals surface area (Å²) in [6, 6.07) is 14.7. The number of sulfonamides is 1. The van der Waals surface area contributed by atoms with E-state index in [1.807, 2.05) is 6.07 Å². The Morgan fingerprint density at radius 2 is 1.68 bits per heavy atom. The first-order valence-electron chi connectivity index (χ1n) is 6.72. The van der Waals surface area contributed by atoms with Crippen molar-refractivity contribution in [1.82, 2.24) is 0 Å². The summed E-state index contributed by atoms with van der Waals surface area (Å²) in [6.07, 6.45) is 2.14. The molecule has 22 heavy (non-hydrogen) atoms. The van der Waals surface area contributed by atoms with Crippen molar-refractivity contribution in [3.05, 3.63) is 72.2 Å². The lowest BCUT2D eigenvalue weighted by molar-refractivity contribution is 0.591. The Morgan fingerprint density at radius 3 is 2.32 bits per heavy atom. The van der Waals surface area contributed by atoms with E-state index in [0.29, 0.717) is 12.1 Å². The second-order valence-corrected chi connectivity index (χ2v) is 6.38. The van der Waals surface area contributed by atoms with Crippen LogP contribution in [0, 0.1) is 4.91 Å². The minimum absolute atomic E-state index is 0.0953. The van der Waals surface area contributed by atoms with Crippen molar-refractivity contribution in [3.8, 4) is 0 Å². The highest BCUT2D eigenvalue weighted by Crippen LogP contribution is 2.30. The van der Waals surface area contributed by atoms with E-state index in [4.69, 9.17) is 0 Å². The van der Waals surface area contributed by atoms with E-state index in [1.165, 1.54) is 16.4 Å². The van der Waals surface area contributed by atoms with Crippen LogP contribution in [0.25, 0.3) is 0 Å². The molecule has 2 rings (SSSR count). The summed E-state index contributed by atoms with van der Waals surface area (Å²) in [5.74, 6) is 0. The Morgan fingerprint density at radius 1 is 1.05 bits per heavy atom. The molecule has 0 heterocycles. The third kappa shape index (κ3) is 3.23. The van der Waals surface area contributed by atoms with Crippen molar-refractivity contribution in [3.63, 3.8) is 0 Å². The van der Waals surface area contributed by atoms with Gasteiger partial charge in [0.1, 0.15) is 10.6 Å². The fraction of sp³-hybridized carbons (Fsp3) is 0.125. The highest BCUT2D eigenvalue weighted by molar-refractivity contribution is 7.93. The van der Waals surface area contributed by atoms with Gasteiger partial charge in [-0.15, -0.1) is 11.5 Å². The first-order valence-corrected chi connectivity index (χ1v) is 8.16. The zero-order chi connectivity index (χ0) is 16.0. The molecule has 0 aliphatic carbocycles. The van der Waals surface area contributed by atoms with Crippen molar-refractivity contribution in [2.45, 2.75) is 11.3 Å². The van der Waals surface area contributed by atoms with Gasteiger partial charge in [0.15, 0.2) is 0 Å². The van der Waals surface area contributed by atoms with Gasteiger partial charge in [0.25, 0.3) is 10.0 Å². The summed E-state index contributed by atoms with van der Waals surface area (Å²) in [7, 11) is -3.88. The lowest BCUT2D eigenvalue weighted by Crippen LogP contribution is -2.31. The van der Waals surface area contributed by atoms with Crippen LogP contribution in [0.4, 0.5) is 11.4 Å².